The van der Waals surface area contributed by atoms with Gasteiger partial charge in [-0.25, -0.2) is 0 Å². The van der Waals surface area contributed by atoms with Crippen LogP contribution in [0.1, 0.15) is 38.3 Å². The molecule has 1 aromatic carbocycles. The number of para-hydroxylation sites is 1. The maximum Gasteiger partial charge on any atom is 0.229 e. The maximum absolute atomic E-state index is 12.9. The summed E-state index contributed by atoms with van der Waals surface area (Å²) in [5.41, 5.74) is 1.52. The van der Waals surface area contributed by atoms with E-state index in [2.05, 4.69) is 21.9 Å². The first-order valence-corrected chi connectivity index (χ1v) is 9.14. The van der Waals surface area contributed by atoms with Gasteiger partial charge >= 0.3 is 0 Å². The second-order valence-electron chi connectivity index (χ2n) is 6.94. The second-order valence-corrected chi connectivity index (χ2v) is 6.94. The Morgan fingerprint density at radius 3 is 2.88 bits per heavy atom. The molecule has 0 saturated carbocycles. The third-order valence-corrected chi connectivity index (χ3v) is 5.65. The molecule has 5 nitrogen and oxygen atoms in total. The summed E-state index contributed by atoms with van der Waals surface area (Å²) in [6.45, 7) is 5.36. The lowest BCUT2D eigenvalue weighted by molar-refractivity contribution is -0.132. The molecule has 5 heteroatoms. The molecule has 128 valence electrons. The summed E-state index contributed by atoms with van der Waals surface area (Å²) in [5.74, 6) is 0.194. The number of carbonyl (C=O) groups is 1. The number of benzene rings is 1. The predicted molar refractivity (Wildman–Crippen MR) is 92.7 cm³/mol. The number of amides is 1. The van der Waals surface area contributed by atoms with E-state index in [-0.39, 0.29) is 5.91 Å². The van der Waals surface area contributed by atoms with Crippen molar-refractivity contribution in [1.29, 1.82) is 0 Å². The topological polar surface area (TPSA) is 49.6 Å². The maximum atomic E-state index is 12.9. The first-order chi connectivity index (χ1) is 11.8. The van der Waals surface area contributed by atoms with Gasteiger partial charge in [0, 0.05) is 24.0 Å². The van der Waals surface area contributed by atoms with E-state index in [1.165, 1.54) is 19.4 Å². The Bertz CT molecular complexity index is 726. The summed E-state index contributed by atoms with van der Waals surface area (Å²) in [5, 5.41) is 5.08. The van der Waals surface area contributed by atoms with Crippen LogP contribution in [0.5, 0.6) is 0 Å². The Balaban J connectivity index is 1.51. The molecule has 0 aliphatic carbocycles. The molecule has 4 rings (SSSR count). The van der Waals surface area contributed by atoms with Crippen molar-refractivity contribution >= 4 is 16.9 Å². The van der Waals surface area contributed by atoms with E-state index >= 15 is 0 Å². The molecule has 24 heavy (non-hydrogen) atoms. The van der Waals surface area contributed by atoms with Crippen molar-refractivity contribution in [3.05, 3.63) is 30.0 Å². The molecule has 2 unspecified atom stereocenters. The fourth-order valence-electron chi connectivity index (χ4n) is 4.49. The highest BCUT2D eigenvalue weighted by molar-refractivity contribution is 5.86. The van der Waals surface area contributed by atoms with Crippen LogP contribution in [0.2, 0.25) is 0 Å². The molecule has 0 bridgehead atoms. The minimum atomic E-state index is 0.194. The van der Waals surface area contributed by atoms with Crippen LogP contribution in [0.4, 0.5) is 0 Å². The Kier molecular flexibility index (Phi) is 4.27. The van der Waals surface area contributed by atoms with Gasteiger partial charge in [-0.05, 0) is 50.9 Å². The first kappa shape index (κ1) is 15.6. The molecule has 0 N–H and O–H groups in total. The van der Waals surface area contributed by atoms with Gasteiger partial charge in [0.15, 0.2) is 5.58 Å². The Hall–Kier alpha value is -1.88. The zero-order chi connectivity index (χ0) is 16.5. The van der Waals surface area contributed by atoms with E-state index in [0.29, 0.717) is 18.5 Å². The first-order valence-electron chi connectivity index (χ1n) is 9.14. The van der Waals surface area contributed by atoms with E-state index < -0.39 is 0 Å². The van der Waals surface area contributed by atoms with Crippen LogP contribution >= 0.6 is 0 Å². The van der Waals surface area contributed by atoms with Gasteiger partial charge in [0.25, 0.3) is 0 Å². The number of likely N-dealkylation sites (N-methyl/N-ethyl adjacent to an activating group) is 1. The Labute approximate surface area is 142 Å². The van der Waals surface area contributed by atoms with Crippen LogP contribution in [0.3, 0.4) is 0 Å². The molecule has 0 radical (unpaired) electrons. The highest BCUT2D eigenvalue weighted by atomic mass is 16.5. The summed E-state index contributed by atoms with van der Waals surface area (Å²) >= 11 is 0. The Morgan fingerprint density at radius 1 is 1.21 bits per heavy atom. The second kappa shape index (κ2) is 6.55. The van der Waals surface area contributed by atoms with Crippen molar-refractivity contribution in [2.24, 2.45) is 0 Å². The van der Waals surface area contributed by atoms with E-state index in [1.807, 2.05) is 24.3 Å². The highest BCUT2D eigenvalue weighted by Crippen LogP contribution is 2.30. The molecular weight excluding hydrogens is 302 g/mol. The van der Waals surface area contributed by atoms with Crippen molar-refractivity contribution in [2.75, 3.05) is 19.6 Å². The molecule has 1 amide bonds. The molecule has 0 spiro atoms. The van der Waals surface area contributed by atoms with Gasteiger partial charge in [0.05, 0.1) is 6.42 Å². The Morgan fingerprint density at radius 2 is 2.00 bits per heavy atom. The number of hydrogen-bond donors (Lipinski definition) is 0. The van der Waals surface area contributed by atoms with Crippen LogP contribution in [-0.4, -0.2) is 52.6 Å². The zero-order valence-corrected chi connectivity index (χ0v) is 14.3. The van der Waals surface area contributed by atoms with Crippen LogP contribution in [0.25, 0.3) is 11.0 Å². The van der Waals surface area contributed by atoms with Gasteiger partial charge in [-0.2, -0.15) is 0 Å². The number of fused-ring (bicyclic) bond motifs is 1. The molecule has 2 aliphatic heterocycles. The molecule has 2 aliphatic rings. The van der Waals surface area contributed by atoms with E-state index in [9.17, 15) is 4.79 Å². The van der Waals surface area contributed by atoms with Crippen molar-refractivity contribution in [2.45, 2.75) is 51.1 Å². The van der Waals surface area contributed by atoms with E-state index in [4.69, 9.17) is 4.52 Å². The molecule has 2 atom stereocenters. The standard InChI is InChI=1S/C19H25N3O2/c1-2-21-11-5-8-16(21)17-9-6-12-22(17)19(23)13-15-14-7-3-4-10-18(14)24-20-15/h3-4,7,10,16-17H,2,5-6,8-9,11-13H2,1H3. The van der Waals surface area contributed by atoms with Crippen molar-refractivity contribution in [3.8, 4) is 0 Å². The fraction of sp³-hybridized carbons (Fsp3) is 0.579. The largest absolute Gasteiger partial charge is 0.356 e. The van der Waals surface area contributed by atoms with Crippen LogP contribution in [0.15, 0.2) is 28.8 Å². The number of aromatic nitrogens is 1. The van der Waals surface area contributed by atoms with Crippen molar-refractivity contribution in [3.63, 3.8) is 0 Å². The summed E-state index contributed by atoms with van der Waals surface area (Å²) in [6, 6.07) is 8.67. The summed E-state index contributed by atoms with van der Waals surface area (Å²) in [6.07, 6.45) is 5.06. The monoisotopic (exact) mass is 327 g/mol. The average molecular weight is 327 g/mol. The van der Waals surface area contributed by atoms with Gasteiger partial charge in [-0.3, -0.25) is 9.69 Å². The lowest BCUT2D eigenvalue weighted by Gasteiger charge is -2.34. The van der Waals surface area contributed by atoms with Crippen LogP contribution in [0, 0.1) is 0 Å². The number of carbonyl (C=O) groups excluding carboxylic acids is 1. The molecule has 2 saturated heterocycles. The molecule has 2 fully saturated rings. The molecular formula is C19H25N3O2. The van der Waals surface area contributed by atoms with Gasteiger partial charge < -0.3 is 9.42 Å². The van der Waals surface area contributed by atoms with Gasteiger partial charge in [-0.1, -0.05) is 24.2 Å². The van der Waals surface area contributed by atoms with Gasteiger partial charge in [0.2, 0.25) is 5.91 Å². The SMILES string of the molecule is CCN1CCCC1C1CCCN1C(=O)Cc1noc2ccccc12. The molecule has 1 aromatic heterocycles. The minimum Gasteiger partial charge on any atom is -0.356 e. The minimum absolute atomic E-state index is 0.194. The van der Waals surface area contributed by atoms with Crippen LogP contribution in [-0.2, 0) is 11.2 Å². The fourth-order valence-corrected chi connectivity index (χ4v) is 4.49. The number of hydrogen-bond acceptors (Lipinski definition) is 4. The normalized spacial score (nSPS) is 25.0. The van der Waals surface area contributed by atoms with Gasteiger partial charge in [0.1, 0.15) is 5.69 Å². The van der Waals surface area contributed by atoms with Crippen LogP contribution < -0.4 is 0 Å². The zero-order valence-electron chi connectivity index (χ0n) is 14.3. The number of rotatable bonds is 4. The van der Waals surface area contributed by atoms with E-state index in [0.717, 1.165) is 42.6 Å². The van der Waals surface area contributed by atoms with Crippen molar-refractivity contribution < 1.29 is 9.32 Å². The lowest BCUT2D eigenvalue weighted by Crippen LogP contribution is -2.48. The van der Waals surface area contributed by atoms with Gasteiger partial charge in [-0.15, -0.1) is 0 Å². The summed E-state index contributed by atoms with van der Waals surface area (Å²) in [7, 11) is 0. The third kappa shape index (κ3) is 2.71. The van der Waals surface area contributed by atoms with E-state index in [1.54, 1.807) is 0 Å². The quantitative estimate of drug-likeness (QED) is 0.866. The number of likely N-dealkylation sites (tertiary alicyclic amines) is 2. The number of nitrogens with zero attached hydrogens (tertiary/aromatic N) is 3. The molecule has 2 aromatic rings. The smallest absolute Gasteiger partial charge is 0.229 e. The lowest BCUT2D eigenvalue weighted by atomic mass is 10.0. The highest BCUT2D eigenvalue weighted by Gasteiger charge is 2.39. The van der Waals surface area contributed by atoms with Crippen molar-refractivity contribution in [1.82, 2.24) is 15.0 Å². The predicted octanol–water partition coefficient (Wildman–Crippen LogP) is 2.85. The average Bonchev–Trinajstić information content (AvgIpc) is 3.33. The summed E-state index contributed by atoms with van der Waals surface area (Å²) < 4.78 is 5.34. The summed E-state index contributed by atoms with van der Waals surface area (Å²) in [4.78, 5) is 17.6. The third-order valence-electron chi connectivity index (χ3n) is 5.65. The molecule has 3 heterocycles.